The molecule has 0 radical (unpaired) electrons. The maximum atomic E-state index is 13.3. The minimum Gasteiger partial charge on any atom is -0.292 e. The van der Waals surface area contributed by atoms with Crippen LogP contribution in [-0.4, -0.2) is 29.3 Å². The van der Waals surface area contributed by atoms with Gasteiger partial charge in [-0.1, -0.05) is 25.5 Å². The summed E-state index contributed by atoms with van der Waals surface area (Å²) in [4.78, 5) is 15.0. The number of benzene rings is 1. The molecule has 0 bridgehead atoms. The van der Waals surface area contributed by atoms with Gasteiger partial charge in [-0.15, -0.1) is 0 Å². The van der Waals surface area contributed by atoms with Crippen molar-refractivity contribution >= 4 is 5.78 Å². The van der Waals surface area contributed by atoms with E-state index >= 15 is 0 Å². The van der Waals surface area contributed by atoms with Crippen molar-refractivity contribution in [3.63, 3.8) is 0 Å². The highest BCUT2D eigenvalue weighted by Crippen LogP contribution is 2.28. The quantitative estimate of drug-likeness (QED) is 0.773. The number of halogens is 1. The monoisotopic (exact) mass is 263 g/mol. The third-order valence-corrected chi connectivity index (χ3v) is 4.32. The second kappa shape index (κ2) is 5.83. The second-order valence-corrected chi connectivity index (χ2v) is 5.51. The molecule has 1 atom stereocenters. The van der Waals surface area contributed by atoms with Crippen molar-refractivity contribution in [3.05, 3.63) is 35.6 Å². The first-order chi connectivity index (χ1) is 9.08. The molecular formula is C16H22FNO. The third-order valence-electron chi connectivity index (χ3n) is 4.32. The van der Waals surface area contributed by atoms with E-state index in [0.29, 0.717) is 5.56 Å². The van der Waals surface area contributed by atoms with Crippen LogP contribution in [0.1, 0.15) is 49.9 Å². The lowest BCUT2D eigenvalue weighted by atomic mass is 9.85. The predicted octanol–water partition coefficient (Wildman–Crippen LogP) is 3.66. The number of carbonyl (C=O) groups excluding carboxylic acids is 1. The highest BCUT2D eigenvalue weighted by Gasteiger charge is 2.38. The van der Waals surface area contributed by atoms with Gasteiger partial charge in [0.1, 0.15) is 5.82 Å². The van der Waals surface area contributed by atoms with Crippen LogP contribution in [0.2, 0.25) is 0 Å². The minimum absolute atomic E-state index is 0.0383. The van der Waals surface area contributed by atoms with Crippen molar-refractivity contribution in [3.8, 4) is 0 Å². The Morgan fingerprint density at radius 1 is 1.32 bits per heavy atom. The van der Waals surface area contributed by atoms with Gasteiger partial charge in [0.05, 0.1) is 5.54 Å². The van der Waals surface area contributed by atoms with Gasteiger partial charge < -0.3 is 0 Å². The van der Waals surface area contributed by atoms with Gasteiger partial charge in [0, 0.05) is 5.56 Å². The Kier molecular flexibility index (Phi) is 4.35. The van der Waals surface area contributed by atoms with Crippen LogP contribution in [0.25, 0.3) is 0 Å². The van der Waals surface area contributed by atoms with Crippen molar-refractivity contribution in [1.29, 1.82) is 0 Å². The van der Waals surface area contributed by atoms with Gasteiger partial charge in [-0.05, 0) is 51.4 Å². The molecule has 1 aromatic rings. The van der Waals surface area contributed by atoms with E-state index in [4.69, 9.17) is 0 Å². The molecule has 1 aromatic carbocycles. The van der Waals surface area contributed by atoms with Crippen LogP contribution in [0.3, 0.4) is 0 Å². The van der Waals surface area contributed by atoms with E-state index in [2.05, 4.69) is 4.90 Å². The smallest absolute Gasteiger partial charge is 0.182 e. The van der Waals surface area contributed by atoms with E-state index < -0.39 is 5.54 Å². The number of nitrogens with zero attached hydrogens (tertiary/aromatic N) is 1. The average Bonchev–Trinajstić information content (AvgIpc) is 2.46. The first-order valence-electron chi connectivity index (χ1n) is 7.13. The molecule has 1 unspecified atom stereocenters. The van der Waals surface area contributed by atoms with Crippen molar-refractivity contribution in [2.45, 2.75) is 45.1 Å². The first-order valence-corrected chi connectivity index (χ1v) is 7.13. The fourth-order valence-corrected chi connectivity index (χ4v) is 2.86. The van der Waals surface area contributed by atoms with E-state index in [9.17, 15) is 9.18 Å². The molecule has 1 aliphatic heterocycles. The maximum absolute atomic E-state index is 13.3. The van der Waals surface area contributed by atoms with E-state index in [1.54, 1.807) is 12.1 Å². The Hall–Kier alpha value is -1.22. The van der Waals surface area contributed by atoms with Crippen molar-refractivity contribution in [2.24, 2.45) is 0 Å². The van der Waals surface area contributed by atoms with Gasteiger partial charge in [0.15, 0.2) is 5.78 Å². The molecule has 0 spiro atoms. The molecule has 1 fully saturated rings. The Bertz CT molecular complexity index is 454. The molecule has 1 aliphatic rings. The highest BCUT2D eigenvalue weighted by atomic mass is 19.1. The zero-order valence-electron chi connectivity index (χ0n) is 11.8. The Morgan fingerprint density at radius 3 is 2.58 bits per heavy atom. The van der Waals surface area contributed by atoms with Crippen molar-refractivity contribution < 1.29 is 9.18 Å². The predicted molar refractivity (Wildman–Crippen MR) is 74.9 cm³/mol. The number of hydrogen-bond donors (Lipinski definition) is 0. The summed E-state index contributed by atoms with van der Waals surface area (Å²) in [6.07, 6.45) is 4.28. The lowest BCUT2D eigenvalue weighted by molar-refractivity contribution is 0.0505. The van der Waals surface area contributed by atoms with Gasteiger partial charge >= 0.3 is 0 Å². The van der Waals surface area contributed by atoms with E-state index in [0.717, 1.165) is 32.4 Å². The molecular weight excluding hydrogens is 241 g/mol. The summed E-state index contributed by atoms with van der Waals surface area (Å²) in [5, 5.41) is 0. The number of piperidine rings is 1. The zero-order valence-corrected chi connectivity index (χ0v) is 11.8. The van der Waals surface area contributed by atoms with Crippen LogP contribution in [0, 0.1) is 5.82 Å². The second-order valence-electron chi connectivity index (χ2n) is 5.51. The van der Waals surface area contributed by atoms with Crippen molar-refractivity contribution in [1.82, 2.24) is 4.90 Å². The topological polar surface area (TPSA) is 20.3 Å². The molecule has 1 saturated heterocycles. The molecule has 2 rings (SSSR count). The Morgan fingerprint density at radius 2 is 2.00 bits per heavy atom. The molecule has 0 saturated carbocycles. The van der Waals surface area contributed by atoms with E-state index in [-0.39, 0.29) is 11.6 Å². The third kappa shape index (κ3) is 2.86. The fourth-order valence-electron chi connectivity index (χ4n) is 2.86. The Balaban J connectivity index is 2.26. The number of Topliss-reactive ketones (excluding diaryl/α,β-unsaturated/α-hetero) is 1. The van der Waals surface area contributed by atoms with Crippen molar-refractivity contribution in [2.75, 3.05) is 13.1 Å². The number of hydrogen-bond acceptors (Lipinski definition) is 2. The number of carbonyl (C=O) groups is 1. The summed E-state index contributed by atoms with van der Waals surface area (Å²) in [6, 6.07) is 6.04. The van der Waals surface area contributed by atoms with Crippen LogP contribution in [-0.2, 0) is 0 Å². The Labute approximate surface area is 114 Å². The van der Waals surface area contributed by atoms with Gasteiger partial charge in [0.25, 0.3) is 0 Å². The van der Waals surface area contributed by atoms with Crippen LogP contribution in [0.5, 0.6) is 0 Å². The van der Waals surface area contributed by atoms with Crippen LogP contribution >= 0.6 is 0 Å². The summed E-state index contributed by atoms with van der Waals surface area (Å²) in [5.41, 5.74) is -0.0243. The molecule has 3 heteroatoms. The number of likely N-dealkylation sites (tertiary alicyclic amines) is 1. The summed E-state index contributed by atoms with van der Waals surface area (Å²) in [6.45, 7) is 5.95. The molecule has 1 heterocycles. The van der Waals surface area contributed by atoms with Gasteiger partial charge in [-0.25, -0.2) is 4.39 Å². The van der Waals surface area contributed by atoms with Gasteiger partial charge in [0.2, 0.25) is 0 Å². The molecule has 0 aliphatic carbocycles. The van der Waals surface area contributed by atoms with Crippen LogP contribution in [0.15, 0.2) is 24.3 Å². The highest BCUT2D eigenvalue weighted by molar-refractivity contribution is 6.02. The van der Waals surface area contributed by atoms with Gasteiger partial charge in [-0.3, -0.25) is 9.69 Å². The maximum Gasteiger partial charge on any atom is 0.182 e. The molecule has 0 aromatic heterocycles. The molecule has 104 valence electrons. The van der Waals surface area contributed by atoms with Crippen LogP contribution in [0.4, 0.5) is 4.39 Å². The summed E-state index contributed by atoms with van der Waals surface area (Å²) < 4.78 is 13.3. The minimum atomic E-state index is -0.506. The lowest BCUT2D eigenvalue weighted by Crippen LogP contribution is -2.53. The largest absolute Gasteiger partial charge is 0.292 e. The van der Waals surface area contributed by atoms with Crippen LogP contribution < -0.4 is 0 Å². The SMILES string of the molecule is CCC(C)(C(=O)c1cccc(F)c1)N1CCCCC1. The van der Waals surface area contributed by atoms with E-state index in [1.165, 1.54) is 18.6 Å². The lowest BCUT2D eigenvalue weighted by Gasteiger charge is -2.41. The standard InChI is InChI=1S/C16H22FNO/c1-3-16(2,18-10-5-4-6-11-18)15(19)13-8-7-9-14(17)12-13/h7-9,12H,3-6,10-11H2,1-2H3. The zero-order chi connectivity index (χ0) is 13.9. The van der Waals surface area contributed by atoms with Gasteiger partial charge in [-0.2, -0.15) is 0 Å². The summed E-state index contributed by atoms with van der Waals surface area (Å²) in [5.74, 6) is -0.306. The first kappa shape index (κ1) is 14.2. The molecule has 0 N–H and O–H groups in total. The summed E-state index contributed by atoms with van der Waals surface area (Å²) >= 11 is 0. The summed E-state index contributed by atoms with van der Waals surface area (Å²) in [7, 11) is 0. The number of rotatable bonds is 4. The molecule has 19 heavy (non-hydrogen) atoms. The average molecular weight is 263 g/mol. The number of ketones is 1. The van der Waals surface area contributed by atoms with E-state index in [1.807, 2.05) is 13.8 Å². The molecule has 0 amide bonds. The normalized spacial score (nSPS) is 19.9. The molecule has 2 nitrogen and oxygen atoms in total. The fraction of sp³-hybridized carbons (Fsp3) is 0.562.